The maximum Gasteiger partial charge on any atom is 0.273 e. The number of amides is 1. The van der Waals surface area contributed by atoms with Gasteiger partial charge in [0.2, 0.25) is 0 Å². The molecule has 19 heavy (non-hydrogen) atoms. The molecule has 1 aromatic carbocycles. The third-order valence-electron chi connectivity index (χ3n) is 2.53. The van der Waals surface area contributed by atoms with Crippen LogP contribution in [0.5, 0.6) is 0 Å². The molecule has 0 atom stereocenters. The standard InChI is InChI=1S/C12H11N3O3S/c1-7-3-4-9(6-10(7)15(17)18)12(16)13-11-5-8(2)14-19-11/h3-6H,1-2H3,(H,13,16). The van der Waals surface area contributed by atoms with Gasteiger partial charge in [0.25, 0.3) is 11.6 Å². The zero-order valence-electron chi connectivity index (χ0n) is 10.3. The van der Waals surface area contributed by atoms with E-state index in [1.165, 1.54) is 17.6 Å². The molecule has 7 heteroatoms. The molecule has 6 nitrogen and oxygen atoms in total. The van der Waals surface area contributed by atoms with Crippen LogP contribution in [-0.4, -0.2) is 15.2 Å². The van der Waals surface area contributed by atoms with Crippen molar-refractivity contribution in [2.75, 3.05) is 5.32 Å². The van der Waals surface area contributed by atoms with Crippen LogP contribution in [0.3, 0.4) is 0 Å². The Morgan fingerprint density at radius 3 is 2.68 bits per heavy atom. The summed E-state index contributed by atoms with van der Waals surface area (Å²) in [6, 6.07) is 6.14. The molecule has 0 aliphatic carbocycles. The molecule has 1 N–H and O–H groups in total. The number of benzene rings is 1. The highest BCUT2D eigenvalue weighted by atomic mass is 32.1. The minimum Gasteiger partial charge on any atom is -0.312 e. The number of aromatic nitrogens is 1. The molecule has 0 saturated carbocycles. The van der Waals surface area contributed by atoms with E-state index in [0.717, 1.165) is 5.69 Å². The Kier molecular flexibility index (Phi) is 3.57. The van der Waals surface area contributed by atoms with Gasteiger partial charge in [0.1, 0.15) is 5.00 Å². The smallest absolute Gasteiger partial charge is 0.273 e. The van der Waals surface area contributed by atoms with Gasteiger partial charge in [-0.05, 0) is 37.5 Å². The number of nitrogens with zero attached hydrogens (tertiary/aromatic N) is 2. The monoisotopic (exact) mass is 277 g/mol. The molecule has 0 saturated heterocycles. The van der Waals surface area contributed by atoms with Gasteiger partial charge in [0.15, 0.2) is 0 Å². The number of carbonyl (C=O) groups is 1. The summed E-state index contributed by atoms with van der Waals surface area (Å²) in [5, 5.41) is 14.1. The normalized spacial score (nSPS) is 10.2. The van der Waals surface area contributed by atoms with E-state index < -0.39 is 4.92 Å². The highest BCUT2D eigenvalue weighted by Gasteiger charge is 2.15. The maximum atomic E-state index is 12.0. The van der Waals surface area contributed by atoms with Crippen LogP contribution >= 0.6 is 11.5 Å². The van der Waals surface area contributed by atoms with Crippen molar-refractivity contribution in [2.45, 2.75) is 13.8 Å². The van der Waals surface area contributed by atoms with Crippen LogP contribution in [0.4, 0.5) is 10.7 Å². The Hall–Kier alpha value is -2.28. The molecule has 2 rings (SSSR count). The Morgan fingerprint density at radius 1 is 1.37 bits per heavy atom. The average molecular weight is 277 g/mol. The molecule has 0 aliphatic rings. The van der Waals surface area contributed by atoms with Gasteiger partial charge in [0.05, 0.1) is 10.6 Å². The molecule has 0 fully saturated rings. The van der Waals surface area contributed by atoms with Crippen LogP contribution in [0.25, 0.3) is 0 Å². The number of nitrogens with one attached hydrogen (secondary N) is 1. The van der Waals surface area contributed by atoms with Crippen molar-refractivity contribution in [1.82, 2.24) is 4.37 Å². The Balaban J connectivity index is 2.24. The van der Waals surface area contributed by atoms with Gasteiger partial charge in [-0.2, -0.15) is 4.37 Å². The predicted octanol–water partition coefficient (Wildman–Crippen LogP) is 2.92. The summed E-state index contributed by atoms with van der Waals surface area (Å²) in [6.45, 7) is 3.45. The summed E-state index contributed by atoms with van der Waals surface area (Å²) in [5.74, 6) is -0.383. The minimum absolute atomic E-state index is 0.0619. The Labute approximate surface area is 113 Å². The van der Waals surface area contributed by atoms with Crippen LogP contribution in [0.2, 0.25) is 0 Å². The SMILES string of the molecule is Cc1cc(NC(=O)c2ccc(C)c([N+](=O)[O-])c2)sn1. The highest BCUT2D eigenvalue weighted by Crippen LogP contribution is 2.21. The quantitative estimate of drug-likeness (QED) is 0.690. The van der Waals surface area contributed by atoms with Crippen molar-refractivity contribution in [3.05, 3.63) is 51.2 Å². The second-order valence-electron chi connectivity index (χ2n) is 4.05. The van der Waals surface area contributed by atoms with E-state index in [-0.39, 0.29) is 17.2 Å². The average Bonchev–Trinajstić information content (AvgIpc) is 2.74. The van der Waals surface area contributed by atoms with Gasteiger partial charge in [-0.1, -0.05) is 6.07 Å². The lowest BCUT2D eigenvalue weighted by Crippen LogP contribution is -2.11. The first-order valence-electron chi connectivity index (χ1n) is 5.47. The van der Waals surface area contributed by atoms with E-state index in [4.69, 9.17) is 0 Å². The summed E-state index contributed by atoms with van der Waals surface area (Å²) >= 11 is 1.17. The lowest BCUT2D eigenvalue weighted by Gasteiger charge is -2.03. The molecule has 0 aliphatic heterocycles. The van der Waals surface area contributed by atoms with Gasteiger partial charge in [-0.15, -0.1) is 0 Å². The molecule has 0 unspecified atom stereocenters. The van der Waals surface area contributed by atoms with Gasteiger partial charge >= 0.3 is 0 Å². The number of hydrogen-bond acceptors (Lipinski definition) is 5. The third kappa shape index (κ3) is 2.94. The number of anilines is 1. The van der Waals surface area contributed by atoms with Gasteiger partial charge in [-0.25, -0.2) is 0 Å². The van der Waals surface area contributed by atoms with E-state index in [2.05, 4.69) is 9.69 Å². The Morgan fingerprint density at radius 2 is 2.11 bits per heavy atom. The number of rotatable bonds is 3. The van der Waals surface area contributed by atoms with E-state index in [0.29, 0.717) is 10.6 Å². The maximum absolute atomic E-state index is 12.0. The van der Waals surface area contributed by atoms with Crippen molar-refractivity contribution in [3.8, 4) is 0 Å². The first kappa shape index (κ1) is 13.2. The fraction of sp³-hybridized carbons (Fsp3) is 0.167. The van der Waals surface area contributed by atoms with Crippen molar-refractivity contribution in [3.63, 3.8) is 0 Å². The minimum atomic E-state index is -0.497. The van der Waals surface area contributed by atoms with Crippen LogP contribution in [0.1, 0.15) is 21.6 Å². The third-order valence-corrected chi connectivity index (χ3v) is 3.33. The molecule has 1 heterocycles. The lowest BCUT2D eigenvalue weighted by molar-refractivity contribution is -0.385. The van der Waals surface area contributed by atoms with Crippen molar-refractivity contribution in [1.29, 1.82) is 0 Å². The van der Waals surface area contributed by atoms with Crippen LogP contribution in [0, 0.1) is 24.0 Å². The molecule has 2 aromatic rings. The predicted molar refractivity (Wildman–Crippen MR) is 72.6 cm³/mol. The van der Waals surface area contributed by atoms with E-state index in [9.17, 15) is 14.9 Å². The van der Waals surface area contributed by atoms with E-state index in [1.807, 2.05) is 6.92 Å². The zero-order valence-corrected chi connectivity index (χ0v) is 11.2. The molecular weight excluding hydrogens is 266 g/mol. The number of nitro benzene ring substituents is 1. The molecule has 1 amide bonds. The highest BCUT2D eigenvalue weighted by molar-refractivity contribution is 7.10. The summed E-state index contributed by atoms with van der Waals surface area (Å²) in [5.41, 5.74) is 1.53. The Bertz CT molecular complexity index is 651. The number of carbonyl (C=O) groups excluding carboxylic acids is 1. The van der Waals surface area contributed by atoms with Gasteiger partial charge < -0.3 is 5.32 Å². The topological polar surface area (TPSA) is 85.1 Å². The van der Waals surface area contributed by atoms with Gasteiger partial charge in [-0.3, -0.25) is 14.9 Å². The fourth-order valence-electron chi connectivity index (χ4n) is 1.55. The first-order valence-corrected chi connectivity index (χ1v) is 6.24. The van der Waals surface area contributed by atoms with Crippen molar-refractivity contribution >= 4 is 28.1 Å². The van der Waals surface area contributed by atoms with Gasteiger partial charge in [0, 0.05) is 17.2 Å². The molecule has 98 valence electrons. The molecule has 1 aromatic heterocycles. The first-order chi connectivity index (χ1) is 8.97. The number of aryl methyl sites for hydroxylation is 2. The molecule has 0 radical (unpaired) electrons. The summed E-state index contributed by atoms with van der Waals surface area (Å²) in [4.78, 5) is 22.3. The van der Waals surface area contributed by atoms with E-state index >= 15 is 0 Å². The zero-order chi connectivity index (χ0) is 14.0. The van der Waals surface area contributed by atoms with E-state index in [1.54, 1.807) is 25.1 Å². The second kappa shape index (κ2) is 5.15. The van der Waals surface area contributed by atoms with Crippen molar-refractivity contribution < 1.29 is 9.72 Å². The summed E-state index contributed by atoms with van der Waals surface area (Å²) in [7, 11) is 0. The second-order valence-corrected chi connectivity index (χ2v) is 4.85. The van der Waals surface area contributed by atoms with Crippen LogP contribution < -0.4 is 5.32 Å². The lowest BCUT2D eigenvalue weighted by atomic mass is 10.1. The van der Waals surface area contributed by atoms with Crippen molar-refractivity contribution in [2.24, 2.45) is 0 Å². The summed E-state index contributed by atoms with van der Waals surface area (Å²) in [6.07, 6.45) is 0. The molecule has 0 spiro atoms. The largest absolute Gasteiger partial charge is 0.312 e. The van der Waals surface area contributed by atoms with Crippen LogP contribution in [-0.2, 0) is 0 Å². The molecule has 0 bridgehead atoms. The van der Waals surface area contributed by atoms with Crippen LogP contribution in [0.15, 0.2) is 24.3 Å². The number of hydrogen-bond donors (Lipinski definition) is 1. The molecular formula is C12H11N3O3S. The summed E-state index contributed by atoms with van der Waals surface area (Å²) < 4.78 is 4.04. The fourth-order valence-corrected chi connectivity index (χ4v) is 2.21. The number of nitro groups is 1.